The van der Waals surface area contributed by atoms with Crippen LogP contribution in [0.1, 0.15) is 24.1 Å². The summed E-state index contributed by atoms with van der Waals surface area (Å²) in [5, 5.41) is 13.0. The molecule has 0 radical (unpaired) electrons. The third-order valence-electron chi connectivity index (χ3n) is 3.66. The molecule has 1 aromatic carbocycles. The molecule has 0 aromatic heterocycles. The van der Waals surface area contributed by atoms with Crippen LogP contribution < -0.4 is 5.32 Å². The Morgan fingerprint density at radius 2 is 2.05 bits per heavy atom. The van der Waals surface area contributed by atoms with Crippen LogP contribution in [0, 0.1) is 0 Å². The van der Waals surface area contributed by atoms with Gasteiger partial charge in [0.1, 0.15) is 19.0 Å². The van der Waals surface area contributed by atoms with Gasteiger partial charge in [-0.2, -0.15) is 0 Å². The van der Waals surface area contributed by atoms with Crippen LogP contribution in [0.5, 0.6) is 0 Å². The summed E-state index contributed by atoms with van der Waals surface area (Å²) < 4.78 is 10.7. The molecule has 5 heteroatoms. The molecule has 1 amide bonds. The van der Waals surface area contributed by atoms with E-state index in [4.69, 9.17) is 9.47 Å². The van der Waals surface area contributed by atoms with Gasteiger partial charge < -0.3 is 19.9 Å². The summed E-state index contributed by atoms with van der Waals surface area (Å²) in [7, 11) is 0. The number of benzene rings is 1. The summed E-state index contributed by atoms with van der Waals surface area (Å²) in [5.74, 6) is 0.338. The topological polar surface area (TPSA) is 67.8 Å². The lowest BCUT2D eigenvalue weighted by molar-refractivity contribution is -0.124. The Hall–Kier alpha value is -2.01. The van der Waals surface area contributed by atoms with E-state index in [-0.39, 0.29) is 11.7 Å². The Morgan fingerprint density at radius 3 is 2.85 bits per heavy atom. The highest BCUT2D eigenvalue weighted by atomic mass is 16.6. The van der Waals surface area contributed by atoms with Gasteiger partial charge in [-0.3, -0.25) is 4.79 Å². The number of aliphatic hydroxyl groups excluding tert-OH is 1. The molecule has 0 spiro atoms. The second-order valence-electron chi connectivity index (χ2n) is 5.00. The number of aliphatic hydroxyl groups is 1. The molecule has 0 bridgehead atoms. The van der Waals surface area contributed by atoms with Gasteiger partial charge in [-0.25, -0.2) is 0 Å². The van der Waals surface area contributed by atoms with Crippen molar-refractivity contribution in [2.75, 3.05) is 13.2 Å². The van der Waals surface area contributed by atoms with Crippen LogP contribution in [0.25, 0.3) is 0 Å². The summed E-state index contributed by atoms with van der Waals surface area (Å²) in [6.45, 7) is 2.52. The first kappa shape index (κ1) is 13.0. The maximum atomic E-state index is 12.2. The van der Waals surface area contributed by atoms with E-state index >= 15 is 0 Å². The summed E-state index contributed by atoms with van der Waals surface area (Å²) in [6.07, 6.45) is -0.0574. The van der Waals surface area contributed by atoms with Gasteiger partial charge in [-0.05, 0) is 18.1 Å². The second-order valence-corrected chi connectivity index (χ2v) is 5.00. The van der Waals surface area contributed by atoms with Crippen molar-refractivity contribution in [1.29, 1.82) is 0 Å². The Morgan fingerprint density at radius 1 is 1.30 bits per heavy atom. The van der Waals surface area contributed by atoms with E-state index in [1.165, 1.54) is 0 Å². The standard InChI is InChI=1S/C15H17NO4/c1-9-14(20-7-6-19-9)15(18)16-13-11-5-3-2-4-10(11)8-12(13)17/h2-5,12-13,17H,6-8H2,1H3,(H,16,18)/t12-,13+/m0/s1. The van der Waals surface area contributed by atoms with Crippen LogP contribution in [0.4, 0.5) is 0 Å². The molecule has 0 fully saturated rings. The van der Waals surface area contributed by atoms with Crippen LogP contribution in [-0.4, -0.2) is 30.3 Å². The highest BCUT2D eigenvalue weighted by Gasteiger charge is 2.33. The SMILES string of the molecule is CC1=C(C(=O)N[C@@H]2c3ccccc3C[C@@H]2O)OCCO1. The van der Waals surface area contributed by atoms with Crippen molar-refractivity contribution < 1.29 is 19.4 Å². The van der Waals surface area contributed by atoms with Gasteiger partial charge >= 0.3 is 0 Å². The first-order chi connectivity index (χ1) is 9.66. The fourth-order valence-electron chi connectivity index (χ4n) is 2.69. The monoisotopic (exact) mass is 275 g/mol. The van der Waals surface area contributed by atoms with Crippen LogP contribution in [0.2, 0.25) is 0 Å². The van der Waals surface area contributed by atoms with E-state index in [9.17, 15) is 9.90 Å². The van der Waals surface area contributed by atoms with Gasteiger partial charge in [0.15, 0.2) is 0 Å². The number of hydrogen-bond donors (Lipinski definition) is 2. The highest BCUT2D eigenvalue weighted by molar-refractivity contribution is 5.92. The Labute approximate surface area is 117 Å². The lowest BCUT2D eigenvalue weighted by Crippen LogP contribution is -2.36. The van der Waals surface area contributed by atoms with Gasteiger partial charge in [0.25, 0.3) is 5.91 Å². The molecule has 20 heavy (non-hydrogen) atoms. The van der Waals surface area contributed by atoms with E-state index in [2.05, 4.69) is 5.32 Å². The smallest absolute Gasteiger partial charge is 0.290 e. The van der Waals surface area contributed by atoms with E-state index in [0.29, 0.717) is 25.4 Å². The second kappa shape index (κ2) is 5.17. The van der Waals surface area contributed by atoms with Gasteiger partial charge in [-0.15, -0.1) is 0 Å². The van der Waals surface area contributed by atoms with Crippen LogP contribution >= 0.6 is 0 Å². The average molecular weight is 275 g/mol. The largest absolute Gasteiger partial charge is 0.491 e. The third-order valence-corrected chi connectivity index (χ3v) is 3.66. The zero-order valence-corrected chi connectivity index (χ0v) is 11.3. The minimum atomic E-state index is -0.609. The molecule has 106 valence electrons. The lowest BCUT2D eigenvalue weighted by atomic mass is 10.1. The minimum absolute atomic E-state index is 0.202. The van der Waals surface area contributed by atoms with Crippen LogP contribution in [0.15, 0.2) is 35.8 Å². The molecule has 2 N–H and O–H groups in total. The quantitative estimate of drug-likeness (QED) is 0.846. The van der Waals surface area contributed by atoms with Crippen molar-refractivity contribution in [3.63, 3.8) is 0 Å². The van der Waals surface area contributed by atoms with Crippen molar-refractivity contribution in [2.24, 2.45) is 0 Å². The Kier molecular flexibility index (Phi) is 3.36. The molecular formula is C15H17NO4. The lowest BCUT2D eigenvalue weighted by Gasteiger charge is -2.22. The van der Waals surface area contributed by atoms with Crippen molar-refractivity contribution in [3.8, 4) is 0 Å². The fraction of sp³-hybridized carbons (Fsp3) is 0.400. The van der Waals surface area contributed by atoms with Crippen LogP contribution in [-0.2, 0) is 20.7 Å². The maximum Gasteiger partial charge on any atom is 0.290 e. The maximum absolute atomic E-state index is 12.2. The fourth-order valence-corrected chi connectivity index (χ4v) is 2.69. The normalized spacial score (nSPS) is 24.7. The number of carbonyl (C=O) groups excluding carboxylic acids is 1. The number of rotatable bonds is 2. The molecular weight excluding hydrogens is 258 g/mol. The summed E-state index contributed by atoms with van der Waals surface area (Å²) in [6, 6.07) is 7.33. The molecule has 1 aromatic rings. The average Bonchev–Trinajstić information content (AvgIpc) is 2.76. The van der Waals surface area contributed by atoms with Crippen molar-refractivity contribution in [1.82, 2.24) is 5.32 Å². The number of nitrogens with one attached hydrogen (secondary N) is 1. The molecule has 5 nitrogen and oxygen atoms in total. The predicted octanol–water partition coefficient (Wildman–Crippen LogP) is 1.04. The molecule has 0 saturated carbocycles. The predicted molar refractivity (Wildman–Crippen MR) is 71.6 cm³/mol. The number of ether oxygens (including phenoxy) is 2. The molecule has 2 atom stereocenters. The van der Waals surface area contributed by atoms with E-state index in [1.807, 2.05) is 24.3 Å². The number of carbonyl (C=O) groups is 1. The minimum Gasteiger partial charge on any atom is -0.491 e. The number of amides is 1. The molecule has 0 saturated heterocycles. The number of fused-ring (bicyclic) bond motifs is 1. The van der Waals surface area contributed by atoms with Crippen molar-refractivity contribution in [3.05, 3.63) is 46.9 Å². The molecule has 1 aliphatic carbocycles. The zero-order chi connectivity index (χ0) is 14.1. The number of hydrogen-bond acceptors (Lipinski definition) is 4. The first-order valence-corrected chi connectivity index (χ1v) is 6.70. The molecule has 3 rings (SSSR count). The highest BCUT2D eigenvalue weighted by Crippen LogP contribution is 2.31. The first-order valence-electron chi connectivity index (χ1n) is 6.70. The Balaban J connectivity index is 1.80. The Bertz CT molecular complexity index is 567. The molecule has 0 unspecified atom stereocenters. The van der Waals surface area contributed by atoms with Crippen molar-refractivity contribution in [2.45, 2.75) is 25.5 Å². The molecule has 1 heterocycles. The molecule has 2 aliphatic rings. The van der Waals surface area contributed by atoms with Crippen LogP contribution in [0.3, 0.4) is 0 Å². The van der Waals surface area contributed by atoms with Gasteiger partial charge in [0.05, 0.1) is 12.1 Å². The van der Waals surface area contributed by atoms with Gasteiger partial charge in [0.2, 0.25) is 5.76 Å². The summed E-state index contributed by atoms with van der Waals surface area (Å²) in [4.78, 5) is 12.2. The van der Waals surface area contributed by atoms with Crippen molar-refractivity contribution >= 4 is 5.91 Å². The van der Waals surface area contributed by atoms with E-state index in [1.54, 1.807) is 6.92 Å². The van der Waals surface area contributed by atoms with Gasteiger partial charge in [0, 0.05) is 6.42 Å². The van der Waals surface area contributed by atoms with E-state index in [0.717, 1.165) is 11.1 Å². The summed E-state index contributed by atoms with van der Waals surface area (Å²) in [5.41, 5.74) is 2.03. The summed E-state index contributed by atoms with van der Waals surface area (Å²) >= 11 is 0. The van der Waals surface area contributed by atoms with Gasteiger partial charge in [-0.1, -0.05) is 24.3 Å². The number of allylic oxidation sites excluding steroid dienone is 1. The third kappa shape index (κ3) is 2.25. The zero-order valence-electron chi connectivity index (χ0n) is 11.3. The van der Waals surface area contributed by atoms with E-state index < -0.39 is 12.1 Å². The molecule has 1 aliphatic heterocycles.